The fourth-order valence-corrected chi connectivity index (χ4v) is 2.36. The number of guanidine groups is 1. The minimum Gasteiger partial charge on any atom is -0.489 e. The Hall–Kier alpha value is -1.51. The summed E-state index contributed by atoms with van der Waals surface area (Å²) in [6.07, 6.45) is 1.37. The van der Waals surface area contributed by atoms with Gasteiger partial charge in [-0.2, -0.15) is 0 Å². The van der Waals surface area contributed by atoms with Crippen LogP contribution in [-0.2, 0) is 4.79 Å². The molecule has 0 aliphatic carbocycles. The number of carbonyl (C=O) groups is 1. The zero-order valence-corrected chi connectivity index (χ0v) is 16.6. The van der Waals surface area contributed by atoms with Gasteiger partial charge >= 0.3 is 0 Å². The van der Waals surface area contributed by atoms with Gasteiger partial charge in [-0.25, -0.2) is 4.99 Å². The number of piperidine rings is 1. The van der Waals surface area contributed by atoms with Gasteiger partial charge in [0.15, 0.2) is 5.96 Å². The predicted molar refractivity (Wildman–Crippen MR) is 107 cm³/mol. The summed E-state index contributed by atoms with van der Waals surface area (Å²) in [5.41, 5.74) is 0. The number of rotatable bonds is 6. The Kier molecular flexibility index (Phi) is 9.51. The molecule has 7 heteroatoms. The van der Waals surface area contributed by atoms with E-state index in [9.17, 15) is 4.79 Å². The van der Waals surface area contributed by atoms with Gasteiger partial charge in [0.1, 0.15) is 11.9 Å². The first kappa shape index (κ1) is 20.5. The molecule has 0 bridgehead atoms. The maximum Gasteiger partial charge on any atom is 0.220 e. The molecule has 2 unspecified atom stereocenters. The number of nitrogens with zero attached hydrogens (tertiary/aromatic N) is 1. The van der Waals surface area contributed by atoms with Gasteiger partial charge in [0, 0.05) is 25.6 Å². The summed E-state index contributed by atoms with van der Waals surface area (Å²) in [6.45, 7) is 6.02. The third-order valence-electron chi connectivity index (χ3n) is 3.54. The summed E-state index contributed by atoms with van der Waals surface area (Å²) in [4.78, 5) is 15.8. The summed E-state index contributed by atoms with van der Waals surface area (Å²) in [5.74, 6) is 1.73. The van der Waals surface area contributed by atoms with Gasteiger partial charge in [-0.15, -0.1) is 24.0 Å². The van der Waals surface area contributed by atoms with Crippen LogP contribution in [0.1, 0.15) is 26.7 Å². The smallest absolute Gasteiger partial charge is 0.220 e. The first-order chi connectivity index (χ1) is 11.2. The van der Waals surface area contributed by atoms with E-state index in [4.69, 9.17) is 4.74 Å². The van der Waals surface area contributed by atoms with Crippen LogP contribution in [0.15, 0.2) is 35.3 Å². The van der Waals surface area contributed by atoms with Gasteiger partial charge in [-0.1, -0.05) is 18.2 Å². The van der Waals surface area contributed by atoms with Gasteiger partial charge in [-0.3, -0.25) is 4.79 Å². The lowest BCUT2D eigenvalue weighted by atomic mass is 10.1. The van der Waals surface area contributed by atoms with Crippen LogP contribution in [0.2, 0.25) is 0 Å². The van der Waals surface area contributed by atoms with Crippen LogP contribution < -0.4 is 20.7 Å². The van der Waals surface area contributed by atoms with E-state index in [2.05, 4.69) is 20.9 Å². The molecule has 134 valence electrons. The monoisotopic (exact) mass is 446 g/mol. The fraction of sp³-hybridized carbons (Fsp3) is 0.529. The maximum absolute atomic E-state index is 11.2. The van der Waals surface area contributed by atoms with Crippen molar-refractivity contribution in [1.82, 2.24) is 16.0 Å². The summed E-state index contributed by atoms with van der Waals surface area (Å²) in [7, 11) is 0. The summed E-state index contributed by atoms with van der Waals surface area (Å²) >= 11 is 0. The molecule has 6 nitrogen and oxygen atoms in total. The molecule has 0 aromatic heterocycles. The summed E-state index contributed by atoms with van der Waals surface area (Å²) in [5, 5.41) is 9.46. The van der Waals surface area contributed by atoms with Crippen LogP contribution in [0.4, 0.5) is 0 Å². The Bertz CT molecular complexity index is 515. The topological polar surface area (TPSA) is 74.8 Å². The largest absolute Gasteiger partial charge is 0.489 e. The molecule has 0 saturated carbocycles. The Morgan fingerprint density at radius 2 is 2.17 bits per heavy atom. The van der Waals surface area contributed by atoms with Crippen molar-refractivity contribution in [2.75, 3.05) is 19.6 Å². The van der Waals surface area contributed by atoms with Crippen LogP contribution in [0.3, 0.4) is 0 Å². The van der Waals surface area contributed by atoms with Crippen molar-refractivity contribution in [3.05, 3.63) is 30.3 Å². The SMILES string of the molecule is CCNC(=NCC(C)Oc1ccccc1)NC1CCC(=O)NC1.I. The Labute approximate surface area is 160 Å². The third kappa shape index (κ3) is 7.37. The fourth-order valence-electron chi connectivity index (χ4n) is 2.36. The van der Waals surface area contributed by atoms with Crippen LogP contribution in [-0.4, -0.2) is 43.6 Å². The molecule has 1 aromatic carbocycles. The van der Waals surface area contributed by atoms with E-state index < -0.39 is 0 Å². The van der Waals surface area contributed by atoms with E-state index in [0.29, 0.717) is 19.5 Å². The van der Waals surface area contributed by atoms with E-state index in [1.807, 2.05) is 44.2 Å². The van der Waals surface area contributed by atoms with E-state index in [1.54, 1.807) is 0 Å². The number of para-hydroxylation sites is 1. The second-order valence-electron chi connectivity index (χ2n) is 5.65. The maximum atomic E-state index is 11.2. The first-order valence-corrected chi connectivity index (χ1v) is 8.20. The number of hydrogen-bond acceptors (Lipinski definition) is 3. The minimum atomic E-state index is -0.0149. The van der Waals surface area contributed by atoms with Crippen molar-refractivity contribution in [3.63, 3.8) is 0 Å². The van der Waals surface area contributed by atoms with Crippen LogP contribution in [0.5, 0.6) is 5.75 Å². The van der Waals surface area contributed by atoms with E-state index in [1.165, 1.54) is 0 Å². The van der Waals surface area contributed by atoms with Gasteiger partial charge in [0.05, 0.1) is 6.54 Å². The number of hydrogen-bond donors (Lipinski definition) is 3. The van der Waals surface area contributed by atoms with Crippen LogP contribution >= 0.6 is 24.0 Å². The molecular weight excluding hydrogens is 419 g/mol. The molecule has 2 rings (SSSR count). The standard InChI is InChI=1S/C17H26N4O2.HI/c1-3-18-17(21-14-9-10-16(22)19-12-14)20-11-13(2)23-15-7-5-4-6-8-15;/h4-8,13-14H,3,9-12H2,1-2H3,(H,19,22)(H2,18,20,21);1H. The molecule has 1 aromatic rings. The third-order valence-corrected chi connectivity index (χ3v) is 3.54. The average molecular weight is 446 g/mol. The van der Waals surface area contributed by atoms with E-state index >= 15 is 0 Å². The quantitative estimate of drug-likeness (QED) is 0.355. The molecule has 1 heterocycles. The number of nitrogens with one attached hydrogen (secondary N) is 3. The molecule has 24 heavy (non-hydrogen) atoms. The van der Waals surface area contributed by atoms with Crippen molar-refractivity contribution in [3.8, 4) is 5.75 Å². The molecule has 1 saturated heterocycles. The predicted octanol–water partition coefficient (Wildman–Crippen LogP) is 1.91. The van der Waals surface area contributed by atoms with Crippen molar-refractivity contribution in [1.29, 1.82) is 0 Å². The lowest BCUT2D eigenvalue weighted by Crippen LogP contribution is -2.51. The number of amides is 1. The molecule has 1 amide bonds. The van der Waals surface area contributed by atoms with Gasteiger partial charge in [0.25, 0.3) is 0 Å². The van der Waals surface area contributed by atoms with E-state index in [-0.39, 0.29) is 42.0 Å². The van der Waals surface area contributed by atoms with Crippen molar-refractivity contribution in [2.45, 2.75) is 38.8 Å². The van der Waals surface area contributed by atoms with Crippen molar-refractivity contribution >= 4 is 35.8 Å². The molecule has 3 N–H and O–H groups in total. The number of benzene rings is 1. The zero-order valence-electron chi connectivity index (χ0n) is 14.2. The molecule has 0 radical (unpaired) electrons. The summed E-state index contributed by atoms with van der Waals surface area (Å²) in [6, 6.07) is 9.97. The second kappa shape index (κ2) is 11.1. The van der Waals surface area contributed by atoms with Gasteiger partial charge < -0.3 is 20.7 Å². The highest BCUT2D eigenvalue weighted by molar-refractivity contribution is 14.0. The first-order valence-electron chi connectivity index (χ1n) is 8.20. The normalized spacial score (nSPS) is 18.8. The molecular formula is C17H27IN4O2. The van der Waals surface area contributed by atoms with E-state index in [0.717, 1.165) is 24.7 Å². The highest BCUT2D eigenvalue weighted by Crippen LogP contribution is 2.10. The van der Waals surface area contributed by atoms with Crippen molar-refractivity contribution in [2.24, 2.45) is 4.99 Å². The van der Waals surface area contributed by atoms with Crippen LogP contribution in [0.25, 0.3) is 0 Å². The highest BCUT2D eigenvalue weighted by atomic mass is 127. The number of aliphatic imine (C=N–C) groups is 1. The number of ether oxygens (including phenoxy) is 1. The van der Waals surface area contributed by atoms with Crippen molar-refractivity contribution < 1.29 is 9.53 Å². The summed E-state index contributed by atoms with van der Waals surface area (Å²) < 4.78 is 5.83. The van der Waals surface area contributed by atoms with Crippen LogP contribution in [0, 0.1) is 0 Å². The Balaban J connectivity index is 0.00000288. The molecule has 1 fully saturated rings. The number of carbonyl (C=O) groups excluding carboxylic acids is 1. The average Bonchev–Trinajstić information content (AvgIpc) is 2.56. The lowest BCUT2D eigenvalue weighted by molar-refractivity contribution is -0.122. The lowest BCUT2D eigenvalue weighted by Gasteiger charge is -2.25. The second-order valence-corrected chi connectivity index (χ2v) is 5.65. The Morgan fingerprint density at radius 1 is 1.42 bits per heavy atom. The molecule has 1 aliphatic rings. The minimum absolute atomic E-state index is 0. The molecule has 0 spiro atoms. The molecule has 2 atom stereocenters. The molecule has 1 aliphatic heterocycles. The highest BCUT2D eigenvalue weighted by Gasteiger charge is 2.18. The Morgan fingerprint density at radius 3 is 2.79 bits per heavy atom. The van der Waals surface area contributed by atoms with Gasteiger partial charge in [0.2, 0.25) is 5.91 Å². The van der Waals surface area contributed by atoms with Gasteiger partial charge in [-0.05, 0) is 32.4 Å². The number of halogens is 1. The zero-order chi connectivity index (χ0) is 16.5.